The van der Waals surface area contributed by atoms with Crippen LogP contribution in [0, 0.1) is 6.92 Å². The van der Waals surface area contributed by atoms with E-state index >= 15 is 0 Å². The summed E-state index contributed by atoms with van der Waals surface area (Å²) < 4.78 is 26.0. The van der Waals surface area contributed by atoms with E-state index in [0.717, 1.165) is 5.56 Å². The van der Waals surface area contributed by atoms with Gasteiger partial charge in [-0.25, -0.2) is 13.4 Å². The number of alkyl halides is 1. The molecule has 1 aromatic carbocycles. The van der Waals surface area contributed by atoms with Crippen molar-refractivity contribution in [2.75, 3.05) is 7.05 Å². The third-order valence-electron chi connectivity index (χ3n) is 2.79. The summed E-state index contributed by atoms with van der Waals surface area (Å²) in [6.07, 6.45) is 0. The van der Waals surface area contributed by atoms with Crippen molar-refractivity contribution in [2.24, 2.45) is 0 Å². The van der Waals surface area contributed by atoms with E-state index in [4.69, 9.17) is 0 Å². The summed E-state index contributed by atoms with van der Waals surface area (Å²) in [4.78, 5) is 4.37. The summed E-state index contributed by atoms with van der Waals surface area (Å²) in [6, 6.07) is 6.77. The van der Waals surface area contributed by atoms with Crippen molar-refractivity contribution < 1.29 is 8.42 Å². The van der Waals surface area contributed by atoms with Gasteiger partial charge >= 0.3 is 0 Å². The second kappa shape index (κ2) is 6.02. The zero-order chi connectivity index (χ0) is 14.8. The SMILES string of the molecule is Cc1nc(CN(C)S(=O)(=O)c2ccc(CBr)cc2)n[nH]1. The van der Waals surface area contributed by atoms with Crippen LogP contribution in [0.2, 0.25) is 0 Å². The standard InChI is InChI=1S/C12H15BrN4O2S/c1-9-14-12(16-15-9)8-17(2)20(18,19)11-5-3-10(7-13)4-6-11/h3-6H,7-8H2,1-2H3,(H,14,15,16). The predicted octanol–water partition coefficient (Wildman–Crippen LogP) is 1.83. The van der Waals surface area contributed by atoms with Gasteiger partial charge in [-0.15, -0.1) is 0 Å². The minimum atomic E-state index is -3.53. The zero-order valence-electron chi connectivity index (χ0n) is 11.2. The number of aryl methyl sites for hydroxylation is 1. The van der Waals surface area contributed by atoms with Crippen LogP contribution in [-0.4, -0.2) is 35.0 Å². The molecule has 0 aliphatic rings. The molecule has 0 unspecified atom stereocenters. The van der Waals surface area contributed by atoms with Crippen LogP contribution in [0.4, 0.5) is 0 Å². The van der Waals surface area contributed by atoms with Gasteiger partial charge in [-0.2, -0.15) is 9.40 Å². The molecule has 20 heavy (non-hydrogen) atoms. The first-order valence-electron chi connectivity index (χ1n) is 5.92. The molecule has 108 valence electrons. The number of nitrogens with one attached hydrogen (secondary N) is 1. The van der Waals surface area contributed by atoms with Crippen molar-refractivity contribution in [3.63, 3.8) is 0 Å². The van der Waals surface area contributed by atoms with Crippen molar-refractivity contribution in [1.82, 2.24) is 19.5 Å². The van der Waals surface area contributed by atoms with E-state index < -0.39 is 10.0 Å². The third kappa shape index (κ3) is 3.25. The van der Waals surface area contributed by atoms with Gasteiger partial charge in [0.25, 0.3) is 0 Å². The zero-order valence-corrected chi connectivity index (χ0v) is 13.6. The number of nitrogens with zero attached hydrogens (tertiary/aromatic N) is 3. The molecule has 1 heterocycles. The van der Waals surface area contributed by atoms with Gasteiger partial charge < -0.3 is 0 Å². The molecule has 6 nitrogen and oxygen atoms in total. The fourth-order valence-corrected chi connectivity index (χ4v) is 3.17. The van der Waals surface area contributed by atoms with Gasteiger partial charge in [0.15, 0.2) is 5.82 Å². The van der Waals surface area contributed by atoms with Gasteiger partial charge in [0.2, 0.25) is 10.0 Å². The fraction of sp³-hybridized carbons (Fsp3) is 0.333. The molecular weight excluding hydrogens is 344 g/mol. The molecule has 2 aromatic rings. The molecule has 1 N–H and O–H groups in total. The van der Waals surface area contributed by atoms with Crippen molar-refractivity contribution in [3.8, 4) is 0 Å². The highest BCUT2D eigenvalue weighted by Gasteiger charge is 2.22. The Morgan fingerprint density at radius 2 is 1.95 bits per heavy atom. The molecule has 0 amide bonds. The maximum absolute atomic E-state index is 12.4. The summed E-state index contributed by atoms with van der Waals surface area (Å²) in [5.41, 5.74) is 1.02. The number of sulfonamides is 1. The lowest BCUT2D eigenvalue weighted by molar-refractivity contribution is 0.457. The van der Waals surface area contributed by atoms with Crippen LogP contribution in [0.15, 0.2) is 29.2 Å². The number of hydrogen-bond acceptors (Lipinski definition) is 4. The Balaban J connectivity index is 2.19. The van der Waals surface area contributed by atoms with Crippen LogP contribution in [-0.2, 0) is 21.9 Å². The average molecular weight is 359 g/mol. The molecule has 0 spiro atoms. The lowest BCUT2D eigenvalue weighted by atomic mass is 10.2. The quantitative estimate of drug-likeness (QED) is 0.826. The molecule has 0 bridgehead atoms. The van der Waals surface area contributed by atoms with Crippen molar-refractivity contribution in [3.05, 3.63) is 41.5 Å². The fourth-order valence-electron chi connectivity index (χ4n) is 1.67. The van der Waals surface area contributed by atoms with Crippen LogP contribution >= 0.6 is 15.9 Å². The number of halogens is 1. The van der Waals surface area contributed by atoms with Crippen molar-refractivity contribution in [1.29, 1.82) is 0 Å². The smallest absolute Gasteiger partial charge is 0.243 e. The van der Waals surface area contributed by atoms with Crippen LogP contribution in [0.1, 0.15) is 17.2 Å². The van der Waals surface area contributed by atoms with Crippen LogP contribution in [0.3, 0.4) is 0 Å². The number of aromatic nitrogens is 3. The van der Waals surface area contributed by atoms with Gasteiger partial charge in [-0.3, -0.25) is 5.10 Å². The Labute approximate surface area is 126 Å². The summed E-state index contributed by atoms with van der Waals surface area (Å²) in [6.45, 7) is 1.90. The van der Waals surface area contributed by atoms with E-state index in [1.54, 1.807) is 31.2 Å². The summed E-state index contributed by atoms with van der Waals surface area (Å²) in [5.74, 6) is 1.11. The summed E-state index contributed by atoms with van der Waals surface area (Å²) in [7, 11) is -2.02. The van der Waals surface area contributed by atoms with Gasteiger partial charge in [0, 0.05) is 12.4 Å². The van der Waals surface area contributed by atoms with Crippen molar-refractivity contribution >= 4 is 26.0 Å². The number of rotatable bonds is 5. The Morgan fingerprint density at radius 3 is 2.45 bits per heavy atom. The largest absolute Gasteiger partial charge is 0.263 e. The Bertz CT molecular complexity index is 682. The van der Waals surface area contributed by atoms with Gasteiger partial charge in [0.1, 0.15) is 5.82 Å². The Morgan fingerprint density at radius 1 is 1.30 bits per heavy atom. The average Bonchev–Trinajstić information content (AvgIpc) is 2.84. The lowest BCUT2D eigenvalue weighted by Gasteiger charge is -2.15. The number of hydrogen-bond donors (Lipinski definition) is 1. The minimum Gasteiger partial charge on any atom is -0.263 e. The maximum atomic E-state index is 12.4. The molecule has 0 aliphatic heterocycles. The third-order valence-corrected chi connectivity index (χ3v) is 5.26. The number of benzene rings is 1. The highest BCUT2D eigenvalue weighted by Crippen LogP contribution is 2.17. The highest BCUT2D eigenvalue weighted by molar-refractivity contribution is 9.08. The molecule has 0 radical (unpaired) electrons. The van der Waals surface area contributed by atoms with E-state index in [1.165, 1.54) is 11.4 Å². The highest BCUT2D eigenvalue weighted by atomic mass is 79.9. The van der Waals surface area contributed by atoms with E-state index in [0.29, 0.717) is 17.0 Å². The molecule has 2 rings (SSSR count). The van der Waals surface area contributed by atoms with Gasteiger partial charge in [-0.05, 0) is 24.6 Å². The number of H-pyrrole nitrogens is 1. The second-order valence-electron chi connectivity index (χ2n) is 4.38. The van der Waals surface area contributed by atoms with E-state index in [1.807, 2.05) is 0 Å². The molecule has 0 fully saturated rings. The molecule has 0 saturated heterocycles. The predicted molar refractivity (Wildman–Crippen MR) is 78.8 cm³/mol. The van der Waals surface area contributed by atoms with Crippen LogP contribution in [0.5, 0.6) is 0 Å². The van der Waals surface area contributed by atoms with Crippen molar-refractivity contribution in [2.45, 2.75) is 23.7 Å². The van der Waals surface area contributed by atoms with Crippen LogP contribution in [0.25, 0.3) is 0 Å². The van der Waals surface area contributed by atoms with E-state index in [2.05, 4.69) is 31.1 Å². The second-order valence-corrected chi connectivity index (χ2v) is 6.98. The topological polar surface area (TPSA) is 79.0 Å². The Hall–Kier alpha value is -1.25. The van der Waals surface area contributed by atoms with E-state index in [-0.39, 0.29) is 11.4 Å². The first kappa shape index (κ1) is 15.1. The lowest BCUT2D eigenvalue weighted by Crippen LogP contribution is -2.27. The molecule has 0 atom stereocenters. The Kier molecular flexibility index (Phi) is 4.56. The minimum absolute atomic E-state index is 0.132. The van der Waals surface area contributed by atoms with Gasteiger partial charge in [-0.1, -0.05) is 28.1 Å². The number of aromatic amines is 1. The molecule has 0 aliphatic carbocycles. The monoisotopic (exact) mass is 358 g/mol. The molecule has 1 aromatic heterocycles. The first-order chi connectivity index (χ1) is 9.43. The normalized spacial score (nSPS) is 12.0. The molecular formula is C12H15BrN4O2S. The molecule has 0 saturated carbocycles. The van der Waals surface area contributed by atoms with Gasteiger partial charge in [0.05, 0.1) is 11.4 Å². The first-order valence-corrected chi connectivity index (χ1v) is 8.49. The van der Waals surface area contributed by atoms with E-state index in [9.17, 15) is 8.42 Å². The maximum Gasteiger partial charge on any atom is 0.243 e. The van der Waals surface area contributed by atoms with Crippen LogP contribution < -0.4 is 0 Å². The summed E-state index contributed by atoms with van der Waals surface area (Å²) >= 11 is 3.33. The molecule has 8 heteroatoms. The summed E-state index contributed by atoms with van der Waals surface area (Å²) in [5, 5.41) is 7.33.